The molecule has 0 aliphatic rings. The quantitative estimate of drug-likeness (QED) is 0.563. The molecule has 0 aromatic carbocycles. The summed E-state index contributed by atoms with van der Waals surface area (Å²) in [5, 5.41) is 9.02. The van der Waals surface area contributed by atoms with Crippen LogP contribution in [0.15, 0.2) is 0 Å². The zero-order valence-electron chi connectivity index (χ0n) is 12.4. The summed E-state index contributed by atoms with van der Waals surface area (Å²) in [6.45, 7) is 11.8. The maximum Gasteiger partial charge on any atom is 0.508 e. The average Bonchev–Trinajstić information content (AvgIpc) is 2.40. The molecule has 0 rings (SSSR count). The van der Waals surface area contributed by atoms with Gasteiger partial charge in [-0.25, -0.2) is 4.79 Å². The minimum Gasteiger partial charge on any atom is -0.435 e. The Labute approximate surface area is 116 Å². The van der Waals surface area contributed by atoms with Crippen LogP contribution in [-0.2, 0) is 9.47 Å². The zero-order valence-corrected chi connectivity index (χ0v) is 12.4. The van der Waals surface area contributed by atoms with Gasteiger partial charge >= 0.3 is 6.16 Å². The second-order valence-electron chi connectivity index (χ2n) is 4.12. The van der Waals surface area contributed by atoms with Gasteiger partial charge in [-0.2, -0.15) is 0 Å². The molecule has 1 N–H and O–H groups in total. The number of ether oxygens (including phenoxy) is 2. The molecular weight excluding hydrogens is 248 g/mol. The lowest BCUT2D eigenvalue weighted by atomic mass is 10.4. The number of likely N-dealkylation sites (N-methyl/N-ethyl adjacent to an activating group) is 1. The highest BCUT2D eigenvalue weighted by molar-refractivity contribution is 5.59. The molecule has 6 heteroatoms. The van der Waals surface area contributed by atoms with Gasteiger partial charge in [-0.3, -0.25) is 4.90 Å². The molecule has 114 valence electrons. The molecule has 19 heavy (non-hydrogen) atoms. The molecule has 0 aromatic rings. The molecule has 0 atom stereocenters. The van der Waals surface area contributed by atoms with Crippen LogP contribution in [0.1, 0.15) is 20.8 Å². The summed E-state index contributed by atoms with van der Waals surface area (Å²) in [7, 11) is 0. The number of hydrogen-bond acceptors (Lipinski definition) is 6. The van der Waals surface area contributed by atoms with Crippen molar-refractivity contribution in [3.63, 3.8) is 0 Å². The van der Waals surface area contributed by atoms with Gasteiger partial charge in [0, 0.05) is 26.2 Å². The van der Waals surface area contributed by atoms with Gasteiger partial charge in [0.05, 0.1) is 13.2 Å². The van der Waals surface area contributed by atoms with Gasteiger partial charge in [-0.05, 0) is 20.0 Å². The molecule has 0 aromatic heterocycles. The van der Waals surface area contributed by atoms with E-state index in [0.717, 1.165) is 26.2 Å². The highest BCUT2D eigenvalue weighted by Crippen LogP contribution is 1.94. The van der Waals surface area contributed by atoms with Crippen LogP contribution in [0.4, 0.5) is 4.79 Å². The maximum atomic E-state index is 11.0. The third kappa shape index (κ3) is 9.69. The van der Waals surface area contributed by atoms with Crippen LogP contribution >= 0.6 is 0 Å². The molecule has 0 amide bonds. The van der Waals surface area contributed by atoms with E-state index in [4.69, 9.17) is 9.84 Å². The number of aliphatic hydroxyl groups is 1. The first-order chi connectivity index (χ1) is 9.17. The van der Waals surface area contributed by atoms with Crippen molar-refractivity contribution in [2.24, 2.45) is 0 Å². The van der Waals surface area contributed by atoms with E-state index < -0.39 is 6.16 Å². The first kappa shape index (κ1) is 18.1. The van der Waals surface area contributed by atoms with Gasteiger partial charge in [-0.15, -0.1) is 0 Å². The van der Waals surface area contributed by atoms with E-state index in [0.29, 0.717) is 19.7 Å². The highest BCUT2D eigenvalue weighted by Gasteiger charge is 2.08. The second-order valence-corrected chi connectivity index (χ2v) is 4.12. The highest BCUT2D eigenvalue weighted by atomic mass is 16.7. The summed E-state index contributed by atoms with van der Waals surface area (Å²) in [5.74, 6) is 0. The van der Waals surface area contributed by atoms with Crippen LogP contribution in [0.2, 0.25) is 0 Å². The Bertz CT molecular complexity index is 223. The number of carbonyl (C=O) groups excluding carboxylic acids is 1. The molecule has 0 aliphatic heterocycles. The smallest absolute Gasteiger partial charge is 0.435 e. The van der Waals surface area contributed by atoms with Gasteiger partial charge in [-0.1, -0.05) is 13.8 Å². The fourth-order valence-electron chi connectivity index (χ4n) is 1.72. The second kappa shape index (κ2) is 12.2. The van der Waals surface area contributed by atoms with Crippen molar-refractivity contribution in [3.05, 3.63) is 0 Å². The fourth-order valence-corrected chi connectivity index (χ4v) is 1.72. The predicted molar refractivity (Wildman–Crippen MR) is 74.3 cm³/mol. The van der Waals surface area contributed by atoms with Crippen molar-refractivity contribution >= 4 is 6.16 Å². The monoisotopic (exact) mass is 276 g/mol. The van der Waals surface area contributed by atoms with Crippen molar-refractivity contribution in [1.29, 1.82) is 0 Å². The minimum atomic E-state index is -0.629. The van der Waals surface area contributed by atoms with Crippen LogP contribution in [0, 0.1) is 0 Å². The summed E-state index contributed by atoms with van der Waals surface area (Å²) in [6.07, 6.45) is -0.629. The van der Waals surface area contributed by atoms with Crippen molar-refractivity contribution in [1.82, 2.24) is 9.80 Å². The maximum absolute atomic E-state index is 11.0. The SMILES string of the molecule is CCOC(=O)OCCN(CCO)CCN(CC)CC. The molecule has 0 spiro atoms. The van der Waals surface area contributed by atoms with E-state index in [-0.39, 0.29) is 13.2 Å². The van der Waals surface area contributed by atoms with E-state index in [1.807, 2.05) is 0 Å². The van der Waals surface area contributed by atoms with E-state index in [1.165, 1.54) is 0 Å². The Kier molecular flexibility index (Phi) is 11.7. The van der Waals surface area contributed by atoms with Crippen molar-refractivity contribution in [3.8, 4) is 0 Å². The largest absolute Gasteiger partial charge is 0.508 e. The fraction of sp³-hybridized carbons (Fsp3) is 0.923. The predicted octanol–water partition coefficient (Wildman–Crippen LogP) is 0.796. The molecular formula is C13H28N2O4. The first-order valence-corrected chi connectivity index (χ1v) is 7.02. The summed E-state index contributed by atoms with van der Waals surface area (Å²) in [5.41, 5.74) is 0. The van der Waals surface area contributed by atoms with Crippen molar-refractivity contribution < 1.29 is 19.4 Å². The van der Waals surface area contributed by atoms with Crippen LogP contribution in [0.25, 0.3) is 0 Å². The molecule has 0 saturated carbocycles. The molecule has 0 unspecified atom stereocenters. The topological polar surface area (TPSA) is 62.2 Å². The van der Waals surface area contributed by atoms with Gasteiger partial charge < -0.3 is 19.5 Å². The Morgan fingerprint density at radius 3 is 2.11 bits per heavy atom. The van der Waals surface area contributed by atoms with Gasteiger partial charge in [0.1, 0.15) is 6.61 Å². The lowest BCUT2D eigenvalue weighted by Crippen LogP contribution is -2.38. The number of rotatable bonds is 11. The number of aliphatic hydroxyl groups excluding tert-OH is 1. The summed E-state index contributed by atoms with van der Waals surface area (Å²) in [4.78, 5) is 15.4. The van der Waals surface area contributed by atoms with E-state index in [1.54, 1.807) is 6.92 Å². The molecule has 0 radical (unpaired) electrons. The van der Waals surface area contributed by atoms with Gasteiger partial charge in [0.15, 0.2) is 0 Å². The van der Waals surface area contributed by atoms with E-state index >= 15 is 0 Å². The van der Waals surface area contributed by atoms with Crippen LogP contribution in [0.5, 0.6) is 0 Å². The zero-order chi connectivity index (χ0) is 14.5. The molecule has 0 bridgehead atoms. The standard InChI is InChI=1S/C13H28N2O4/c1-4-14(5-2)7-8-15(9-11-16)10-12-19-13(17)18-6-3/h16H,4-12H2,1-3H3. The Morgan fingerprint density at radius 2 is 1.58 bits per heavy atom. The van der Waals surface area contributed by atoms with E-state index in [2.05, 4.69) is 28.4 Å². The molecule has 0 saturated heterocycles. The summed E-state index contributed by atoms with van der Waals surface area (Å²) in [6, 6.07) is 0. The van der Waals surface area contributed by atoms with Gasteiger partial charge in [0.2, 0.25) is 0 Å². The Morgan fingerprint density at radius 1 is 0.947 bits per heavy atom. The average molecular weight is 276 g/mol. The van der Waals surface area contributed by atoms with Crippen molar-refractivity contribution in [2.45, 2.75) is 20.8 Å². The third-order valence-corrected chi connectivity index (χ3v) is 2.93. The number of hydrogen-bond donors (Lipinski definition) is 1. The number of carbonyl (C=O) groups is 1. The van der Waals surface area contributed by atoms with Crippen LogP contribution in [-0.4, -0.2) is 80.2 Å². The first-order valence-electron chi connectivity index (χ1n) is 7.02. The summed E-state index contributed by atoms with van der Waals surface area (Å²) >= 11 is 0. The Hall–Kier alpha value is -0.850. The molecule has 6 nitrogen and oxygen atoms in total. The van der Waals surface area contributed by atoms with Crippen LogP contribution < -0.4 is 0 Å². The van der Waals surface area contributed by atoms with Gasteiger partial charge in [0.25, 0.3) is 0 Å². The third-order valence-electron chi connectivity index (χ3n) is 2.93. The molecule has 0 heterocycles. The van der Waals surface area contributed by atoms with Crippen LogP contribution in [0.3, 0.4) is 0 Å². The number of nitrogens with zero attached hydrogens (tertiary/aromatic N) is 2. The summed E-state index contributed by atoms with van der Waals surface area (Å²) < 4.78 is 9.60. The molecule has 0 fully saturated rings. The Balaban J connectivity index is 3.87. The lowest BCUT2D eigenvalue weighted by Gasteiger charge is -2.25. The molecule has 0 aliphatic carbocycles. The van der Waals surface area contributed by atoms with E-state index in [9.17, 15) is 4.79 Å². The van der Waals surface area contributed by atoms with Crippen molar-refractivity contribution in [2.75, 3.05) is 59.1 Å². The lowest BCUT2D eigenvalue weighted by molar-refractivity contribution is 0.0488. The normalized spacial score (nSPS) is 11.1. The minimum absolute atomic E-state index is 0.109.